The zero-order chi connectivity index (χ0) is 34.4. The monoisotopic (exact) mass is 664 g/mol. The second kappa shape index (κ2) is 11.9. The first kappa shape index (κ1) is 31.8. The van der Waals surface area contributed by atoms with Gasteiger partial charge in [0.2, 0.25) is 17.7 Å². The fourth-order valence-electron chi connectivity index (χ4n) is 5.43. The summed E-state index contributed by atoms with van der Waals surface area (Å²) in [5, 5.41) is 19.9. The molecule has 0 radical (unpaired) electrons. The summed E-state index contributed by atoms with van der Waals surface area (Å²) in [6, 6.07) is 18.8. The molecule has 0 aliphatic carbocycles. The number of halogens is 2. The van der Waals surface area contributed by atoms with Crippen LogP contribution in [0.4, 0.5) is 14.5 Å². The minimum Gasteiger partial charge on any atom is -0.480 e. The highest BCUT2D eigenvalue weighted by atomic mass is 32.2. The van der Waals surface area contributed by atoms with E-state index in [0.29, 0.717) is 50.4 Å². The van der Waals surface area contributed by atoms with Crippen molar-refractivity contribution in [3.05, 3.63) is 102 Å². The van der Waals surface area contributed by atoms with Crippen LogP contribution < -0.4 is 15.1 Å². The molecule has 48 heavy (non-hydrogen) atoms. The van der Waals surface area contributed by atoms with E-state index in [1.54, 1.807) is 29.9 Å². The molecule has 0 aliphatic rings. The van der Waals surface area contributed by atoms with Crippen LogP contribution in [0.25, 0.3) is 38.8 Å². The molecule has 6 aromatic rings. The molecule has 3 aromatic heterocycles. The number of hydrogen-bond acceptors (Lipinski definition) is 8. The van der Waals surface area contributed by atoms with Crippen molar-refractivity contribution in [3.8, 4) is 35.0 Å². The van der Waals surface area contributed by atoms with Crippen LogP contribution in [-0.2, 0) is 22.5 Å². The molecule has 0 atom stereocenters. The van der Waals surface area contributed by atoms with Gasteiger partial charge in [0.25, 0.3) is 10.0 Å². The lowest BCUT2D eigenvalue weighted by Crippen LogP contribution is -2.23. The molecule has 0 spiro atoms. The maximum atomic E-state index is 14.4. The molecule has 240 valence electrons. The van der Waals surface area contributed by atoms with Gasteiger partial charge in [-0.3, -0.25) is 14.3 Å². The Morgan fingerprint density at radius 2 is 1.71 bits per heavy atom. The largest absolute Gasteiger partial charge is 0.480 e. The van der Waals surface area contributed by atoms with Crippen molar-refractivity contribution in [3.63, 3.8) is 0 Å². The van der Waals surface area contributed by atoms with Crippen molar-refractivity contribution < 1.29 is 21.9 Å². The Morgan fingerprint density at radius 1 is 0.958 bits per heavy atom. The molecular weight excluding hydrogens is 638 g/mol. The smallest absolute Gasteiger partial charge is 0.264 e. The maximum absolute atomic E-state index is 14.4. The van der Waals surface area contributed by atoms with Crippen molar-refractivity contribution in [2.45, 2.75) is 24.2 Å². The molecule has 0 amide bonds. The average molecular weight is 665 g/mol. The highest BCUT2D eigenvalue weighted by molar-refractivity contribution is 7.92. The summed E-state index contributed by atoms with van der Waals surface area (Å²) in [6.07, 6.45) is 5.06. The van der Waals surface area contributed by atoms with E-state index in [1.807, 2.05) is 54.9 Å². The number of nitrogens with one attached hydrogen (secondary N) is 1. The lowest BCUT2D eigenvalue weighted by atomic mass is 9.86. The molecular formula is C34H26F2N8O3S. The lowest BCUT2D eigenvalue weighted by Gasteiger charge is -2.16. The van der Waals surface area contributed by atoms with Gasteiger partial charge >= 0.3 is 0 Å². The summed E-state index contributed by atoms with van der Waals surface area (Å²) in [5.41, 5.74) is 4.20. The third-order valence-corrected chi connectivity index (χ3v) is 9.39. The van der Waals surface area contributed by atoms with Crippen LogP contribution in [0, 0.1) is 34.4 Å². The second-order valence-corrected chi connectivity index (χ2v) is 13.0. The number of pyridine rings is 2. The normalized spacial score (nSPS) is 12.2. The van der Waals surface area contributed by atoms with Crippen LogP contribution in [0.1, 0.15) is 19.4 Å². The van der Waals surface area contributed by atoms with E-state index >= 15 is 0 Å². The Kier molecular flexibility index (Phi) is 7.90. The molecule has 0 saturated carbocycles. The molecule has 11 nitrogen and oxygen atoms in total. The quantitative estimate of drug-likeness (QED) is 0.210. The van der Waals surface area contributed by atoms with Crippen LogP contribution in [-0.4, -0.2) is 34.6 Å². The van der Waals surface area contributed by atoms with E-state index in [0.717, 1.165) is 17.7 Å². The summed E-state index contributed by atoms with van der Waals surface area (Å²) in [4.78, 5) is 12.3. The van der Waals surface area contributed by atoms with Gasteiger partial charge in [-0.1, -0.05) is 18.2 Å². The predicted molar refractivity (Wildman–Crippen MR) is 174 cm³/mol. The number of aryl methyl sites for hydroxylation is 1. The highest BCUT2D eigenvalue weighted by Crippen LogP contribution is 2.34. The maximum Gasteiger partial charge on any atom is 0.264 e. The van der Waals surface area contributed by atoms with Crippen LogP contribution in [0.5, 0.6) is 5.88 Å². The fourth-order valence-corrected chi connectivity index (χ4v) is 6.54. The van der Waals surface area contributed by atoms with Crippen molar-refractivity contribution in [2.75, 3.05) is 11.8 Å². The SMILES string of the molecule is COc1ncc(-c2ccc3ncc4c(c3c2)n(-c2ccc(C(C)(C)C#N)cc2)c(=NC#N)n4C)cc1NS(=O)(=O)c1ccc(F)cc1F. The Morgan fingerprint density at radius 3 is 2.38 bits per heavy atom. The number of anilines is 1. The van der Waals surface area contributed by atoms with Crippen LogP contribution in [0.15, 0.2) is 89.0 Å². The number of nitriles is 2. The Hall–Kier alpha value is -6.12. The second-order valence-electron chi connectivity index (χ2n) is 11.4. The number of rotatable bonds is 7. The number of sulfonamides is 1. The molecule has 0 fully saturated rings. The summed E-state index contributed by atoms with van der Waals surface area (Å²) in [7, 11) is -1.41. The third-order valence-electron chi connectivity index (χ3n) is 7.99. The van der Waals surface area contributed by atoms with Crippen LogP contribution in [0.3, 0.4) is 0 Å². The molecule has 0 bridgehead atoms. The molecule has 3 aromatic carbocycles. The number of aromatic nitrogens is 4. The molecule has 1 N–H and O–H groups in total. The van der Waals surface area contributed by atoms with E-state index in [4.69, 9.17) is 4.74 Å². The number of ether oxygens (including phenoxy) is 1. The first-order valence-electron chi connectivity index (χ1n) is 14.4. The van der Waals surface area contributed by atoms with Crippen LogP contribution >= 0.6 is 0 Å². The summed E-state index contributed by atoms with van der Waals surface area (Å²) in [6.45, 7) is 3.66. The predicted octanol–water partition coefficient (Wildman–Crippen LogP) is 5.85. The van der Waals surface area contributed by atoms with E-state index in [9.17, 15) is 27.7 Å². The van der Waals surface area contributed by atoms with E-state index in [2.05, 4.69) is 25.8 Å². The van der Waals surface area contributed by atoms with Crippen molar-refractivity contribution in [2.24, 2.45) is 12.0 Å². The minimum atomic E-state index is -4.50. The van der Waals surface area contributed by atoms with Gasteiger partial charge in [0, 0.05) is 35.9 Å². The highest BCUT2D eigenvalue weighted by Gasteiger charge is 2.23. The lowest BCUT2D eigenvalue weighted by molar-refractivity contribution is 0.400. The molecule has 0 saturated heterocycles. The summed E-state index contributed by atoms with van der Waals surface area (Å²) in [5.74, 6) is -2.24. The zero-order valence-electron chi connectivity index (χ0n) is 26.0. The number of benzene rings is 3. The number of hydrogen-bond donors (Lipinski definition) is 1. The van der Waals surface area contributed by atoms with Gasteiger partial charge in [-0.05, 0) is 67.4 Å². The van der Waals surface area contributed by atoms with Gasteiger partial charge in [0.1, 0.15) is 22.2 Å². The van der Waals surface area contributed by atoms with Gasteiger partial charge in [-0.25, -0.2) is 22.2 Å². The standard InChI is InChI=1S/C34H26F2N8O3S/c1-34(2,18-37)22-6-9-24(10-7-22)44-31-25-13-20(5-11-27(25)39-17-29(31)43(3)33(44)41-19-38)21-14-28(32(47-4)40-16-21)42-48(45,46)30-12-8-23(35)15-26(30)36/h5-17,42H,1-4H3. The van der Waals surface area contributed by atoms with Gasteiger partial charge in [0.15, 0.2) is 0 Å². The Bertz CT molecular complexity index is 2530. The third kappa shape index (κ3) is 5.48. The molecule has 3 heterocycles. The van der Waals surface area contributed by atoms with Crippen LogP contribution in [0.2, 0.25) is 0 Å². The number of fused-ring (bicyclic) bond motifs is 3. The number of imidazole rings is 1. The first-order chi connectivity index (χ1) is 22.9. The van der Waals surface area contributed by atoms with E-state index < -0.39 is 32.0 Å². The average Bonchev–Trinajstić information content (AvgIpc) is 3.35. The van der Waals surface area contributed by atoms with Crippen molar-refractivity contribution in [1.29, 1.82) is 10.5 Å². The van der Waals surface area contributed by atoms with Crippen molar-refractivity contribution in [1.82, 2.24) is 19.1 Å². The number of nitrogens with zero attached hydrogens (tertiary/aromatic N) is 7. The number of methoxy groups -OCH3 is 1. The zero-order valence-corrected chi connectivity index (χ0v) is 26.8. The van der Waals surface area contributed by atoms with Gasteiger partial charge in [-0.15, -0.1) is 4.99 Å². The Balaban J connectivity index is 1.53. The van der Waals surface area contributed by atoms with E-state index in [-0.39, 0.29) is 11.6 Å². The molecule has 6 rings (SSSR count). The van der Waals surface area contributed by atoms with E-state index in [1.165, 1.54) is 19.4 Å². The summed E-state index contributed by atoms with van der Waals surface area (Å²) >= 11 is 0. The molecule has 0 aliphatic heterocycles. The fraction of sp³-hybridized carbons (Fsp3) is 0.147. The first-order valence-corrected chi connectivity index (χ1v) is 15.8. The summed E-state index contributed by atoms with van der Waals surface area (Å²) < 4.78 is 65.3. The van der Waals surface area contributed by atoms with Gasteiger partial charge in [0.05, 0.1) is 41.3 Å². The molecule has 14 heteroatoms. The van der Waals surface area contributed by atoms with Gasteiger partial charge < -0.3 is 9.30 Å². The molecule has 0 unspecified atom stereocenters. The minimum absolute atomic E-state index is 0.0682. The topological polar surface area (TPSA) is 151 Å². The van der Waals surface area contributed by atoms with Crippen molar-refractivity contribution >= 4 is 37.6 Å². The van der Waals surface area contributed by atoms with Gasteiger partial charge in [-0.2, -0.15) is 10.5 Å². The Labute approximate surface area is 273 Å².